The summed E-state index contributed by atoms with van der Waals surface area (Å²) in [6.07, 6.45) is 3.54. The molecule has 1 aromatic heterocycles. The first-order chi connectivity index (χ1) is 7.24. The van der Waals surface area contributed by atoms with E-state index in [0.717, 1.165) is 5.69 Å². The molecule has 15 heavy (non-hydrogen) atoms. The van der Waals surface area contributed by atoms with E-state index < -0.39 is 5.97 Å². The van der Waals surface area contributed by atoms with Gasteiger partial charge in [-0.15, -0.1) is 0 Å². The summed E-state index contributed by atoms with van der Waals surface area (Å²) in [4.78, 5) is 15.0. The third-order valence-electron chi connectivity index (χ3n) is 2.34. The predicted molar refractivity (Wildman–Crippen MR) is 57.4 cm³/mol. The Bertz CT molecular complexity index is 301. The van der Waals surface area contributed by atoms with Crippen LogP contribution in [0.1, 0.15) is 18.5 Å². The van der Waals surface area contributed by atoms with E-state index in [-0.39, 0.29) is 5.92 Å². The average molecular weight is 208 g/mol. The van der Waals surface area contributed by atoms with E-state index in [4.69, 9.17) is 10.8 Å². The average Bonchev–Trinajstić information content (AvgIpc) is 2.25. The zero-order chi connectivity index (χ0) is 11.1. The van der Waals surface area contributed by atoms with Crippen LogP contribution in [0.25, 0.3) is 0 Å². The highest BCUT2D eigenvalue weighted by atomic mass is 16.4. The van der Waals surface area contributed by atoms with Crippen molar-refractivity contribution in [3.8, 4) is 0 Å². The molecule has 0 aliphatic carbocycles. The van der Waals surface area contributed by atoms with E-state index in [0.29, 0.717) is 25.8 Å². The van der Waals surface area contributed by atoms with Crippen molar-refractivity contribution in [2.24, 2.45) is 11.7 Å². The van der Waals surface area contributed by atoms with Crippen molar-refractivity contribution in [2.75, 3.05) is 6.54 Å². The first kappa shape index (κ1) is 11.7. The van der Waals surface area contributed by atoms with Gasteiger partial charge in [-0.2, -0.15) is 0 Å². The number of hydrogen-bond acceptors (Lipinski definition) is 3. The van der Waals surface area contributed by atoms with Crippen molar-refractivity contribution in [1.29, 1.82) is 0 Å². The number of nitrogens with zero attached hydrogens (tertiary/aromatic N) is 1. The Morgan fingerprint density at radius 1 is 1.47 bits per heavy atom. The van der Waals surface area contributed by atoms with Gasteiger partial charge in [-0.05, 0) is 37.9 Å². The summed E-state index contributed by atoms with van der Waals surface area (Å²) in [6, 6.07) is 5.65. The van der Waals surface area contributed by atoms with Crippen LogP contribution >= 0.6 is 0 Å². The number of hydrogen-bond donors (Lipinski definition) is 2. The van der Waals surface area contributed by atoms with Crippen molar-refractivity contribution < 1.29 is 9.90 Å². The van der Waals surface area contributed by atoms with Crippen LogP contribution in [0, 0.1) is 5.92 Å². The molecule has 4 heteroatoms. The maximum Gasteiger partial charge on any atom is 0.306 e. The highest BCUT2D eigenvalue weighted by Crippen LogP contribution is 2.11. The van der Waals surface area contributed by atoms with Gasteiger partial charge in [-0.25, -0.2) is 0 Å². The molecule has 1 aromatic rings. The third kappa shape index (κ3) is 4.08. The highest BCUT2D eigenvalue weighted by Gasteiger charge is 2.16. The molecule has 0 aromatic carbocycles. The van der Waals surface area contributed by atoms with Crippen molar-refractivity contribution in [3.05, 3.63) is 30.1 Å². The lowest BCUT2D eigenvalue weighted by Crippen LogP contribution is -2.18. The van der Waals surface area contributed by atoms with Crippen LogP contribution < -0.4 is 5.73 Å². The number of nitrogens with two attached hydrogens (primary N) is 1. The lowest BCUT2D eigenvalue weighted by atomic mass is 9.98. The number of pyridine rings is 1. The quantitative estimate of drug-likeness (QED) is 0.733. The van der Waals surface area contributed by atoms with Gasteiger partial charge >= 0.3 is 5.97 Å². The minimum atomic E-state index is -0.767. The van der Waals surface area contributed by atoms with Gasteiger partial charge < -0.3 is 10.8 Å². The van der Waals surface area contributed by atoms with Gasteiger partial charge in [0.2, 0.25) is 0 Å². The normalized spacial score (nSPS) is 12.3. The Morgan fingerprint density at radius 2 is 2.27 bits per heavy atom. The second-order valence-corrected chi connectivity index (χ2v) is 3.47. The van der Waals surface area contributed by atoms with Crippen LogP contribution in [0.4, 0.5) is 0 Å². The third-order valence-corrected chi connectivity index (χ3v) is 2.34. The first-order valence-corrected chi connectivity index (χ1v) is 5.07. The molecule has 1 heterocycles. The summed E-state index contributed by atoms with van der Waals surface area (Å²) in [6.45, 7) is 0.416. The van der Waals surface area contributed by atoms with Crippen LogP contribution in [0.15, 0.2) is 24.4 Å². The molecule has 4 nitrogen and oxygen atoms in total. The molecule has 1 rings (SSSR count). The number of carboxylic acids is 1. The monoisotopic (exact) mass is 208 g/mol. The molecule has 0 spiro atoms. The van der Waals surface area contributed by atoms with Crippen molar-refractivity contribution >= 4 is 5.97 Å². The number of rotatable bonds is 6. The van der Waals surface area contributed by atoms with Gasteiger partial charge in [-0.3, -0.25) is 9.78 Å². The molecule has 0 amide bonds. The summed E-state index contributed by atoms with van der Waals surface area (Å²) in [5.41, 5.74) is 6.29. The molecule has 0 radical (unpaired) electrons. The SMILES string of the molecule is NCCC(CCc1ccccn1)C(=O)O. The fraction of sp³-hybridized carbons (Fsp3) is 0.455. The maximum absolute atomic E-state index is 10.8. The molecule has 0 bridgehead atoms. The van der Waals surface area contributed by atoms with Crippen LogP contribution in [0.2, 0.25) is 0 Å². The smallest absolute Gasteiger partial charge is 0.306 e. The standard InChI is InChI=1S/C11H16N2O2/c12-7-6-9(11(14)15)4-5-10-3-1-2-8-13-10/h1-3,8-9H,4-7,12H2,(H,14,15). The van der Waals surface area contributed by atoms with E-state index in [2.05, 4.69) is 4.98 Å². The van der Waals surface area contributed by atoms with Gasteiger partial charge in [0.1, 0.15) is 0 Å². The molecule has 0 saturated carbocycles. The van der Waals surface area contributed by atoms with Crippen LogP contribution in [0.5, 0.6) is 0 Å². The van der Waals surface area contributed by atoms with Crippen LogP contribution in [-0.4, -0.2) is 22.6 Å². The molecule has 0 aliphatic heterocycles. The fourth-order valence-corrected chi connectivity index (χ4v) is 1.46. The Balaban J connectivity index is 2.43. The first-order valence-electron chi connectivity index (χ1n) is 5.07. The van der Waals surface area contributed by atoms with Crippen LogP contribution in [0.3, 0.4) is 0 Å². The largest absolute Gasteiger partial charge is 0.481 e. The lowest BCUT2D eigenvalue weighted by molar-refractivity contribution is -0.142. The van der Waals surface area contributed by atoms with E-state index in [1.54, 1.807) is 6.20 Å². The summed E-state index contributed by atoms with van der Waals surface area (Å²) in [5, 5.41) is 8.91. The van der Waals surface area contributed by atoms with Gasteiger partial charge in [0.25, 0.3) is 0 Å². The summed E-state index contributed by atoms with van der Waals surface area (Å²) >= 11 is 0. The minimum Gasteiger partial charge on any atom is -0.481 e. The van der Waals surface area contributed by atoms with E-state index in [1.807, 2.05) is 18.2 Å². The van der Waals surface area contributed by atoms with Gasteiger partial charge in [-0.1, -0.05) is 6.07 Å². The Hall–Kier alpha value is -1.42. The topological polar surface area (TPSA) is 76.2 Å². The number of carbonyl (C=O) groups is 1. The highest BCUT2D eigenvalue weighted by molar-refractivity contribution is 5.69. The number of aryl methyl sites for hydroxylation is 1. The molecular formula is C11H16N2O2. The van der Waals surface area contributed by atoms with Crippen molar-refractivity contribution in [1.82, 2.24) is 4.98 Å². The number of carboxylic acid groups (broad SMARTS) is 1. The molecule has 1 atom stereocenters. The van der Waals surface area contributed by atoms with Gasteiger partial charge in [0, 0.05) is 11.9 Å². The summed E-state index contributed by atoms with van der Waals surface area (Å²) in [5.74, 6) is -1.12. The zero-order valence-corrected chi connectivity index (χ0v) is 8.60. The predicted octanol–water partition coefficient (Wildman–Crippen LogP) is 1.06. The second-order valence-electron chi connectivity index (χ2n) is 3.47. The van der Waals surface area contributed by atoms with Crippen LogP contribution in [-0.2, 0) is 11.2 Å². The number of aliphatic carboxylic acids is 1. The van der Waals surface area contributed by atoms with Crippen molar-refractivity contribution in [2.45, 2.75) is 19.3 Å². The van der Waals surface area contributed by atoms with E-state index in [9.17, 15) is 4.79 Å². The van der Waals surface area contributed by atoms with Crippen molar-refractivity contribution in [3.63, 3.8) is 0 Å². The molecule has 3 N–H and O–H groups in total. The Morgan fingerprint density at radius 3 is 2.80 bits per heavy atom. The second kappa shape index (κ2) is 6.14. The molecular weight excluding hydrogens is 192 g/mol. The molecule has 82 valence electrons. The molecule has 0 aliphatic rings. The Labute approximate surface area is 89.1 Å². The maximum atomic E-state index is 10.8. The molecule has 1 unspecified atom stereocenters. The summed E-state index contributed by atoms with van der Waals surface area (Å²) in [7, 11) is 0. The molecule has 0 fully saturated rings. The zero-order valence-electron chi connectivity index (χ0n) is 8.60. The van der Waals surface area contributed by atoms with Gasteiger partial charge in [0.05, 0.1) is 5.92 Å². The minimum absolute atomic E-state index is 0.350. The fourth-order valence-electron chi connectivity index (χ4n) is 1.46. The summed E-state index contributed by atoms with van der Waals surface area (Å²) < 4.78 is 0. The molecule has 0 saturated heterocycles. The van der Waals surface area contributed by atoms with E-state index >= 15 is 0 Å². The Kier molecular flexibility index (Phi) is 4.77. The van der Waals surface area contributed by atoms with E-state index in [1.165, 1.54) is 0 Å². The van der Waals surface area contributed by atoms with Gasteiger partial charge in [0.15, 0.2) is 0 Å². The lowest BCUT2D eigenvalue weighted by Gasteiger charge is -2.09. The number of aromatic nitrogens is 1.